The quantitative estimate of drug-likeness (QED) is 0.756. The van der Waals surface area contributed by atoms with Gasteiger partial charge in [-0.2, -0.15) is 0 Å². The van der Waals surface area contributed by atoms with Crippen LogP contribution in [0.2, 0.25) is 0 Å². The number of hydrogen-bond donors (Lipinski definition) is 1. The average molecular weight is 239 g/mol. The van der Waals surface area contributed by atoms with E-state index in [1.807, 2.05) is 0 Å². The van der Waals surface area contributed by atoms with Gasteiger partial charge in [-0.1, -0.05) is 12.8 Å². The number of amides is 1. The Balaban J connectivity index is 1.82. The summed E-state index contributed by atoms with van der Waals surface area (Å²) in [5.74, 6) is 0.539. The second kappa shape index (κ2) is 5.52. The molecule has 2 rings (SSSR count). The van der Waals surface area contributed by atoms with Gasteiger partial charge in [0.1, 0.15) is 0 Å². The van der Waals surface area contributed by atoms with Gasteiger partial charge in [0.25, 0.3) is 0 Å². The van der Waals surface area contributed by atoms with E-state index in [0.29, 0.717) is 6.54 Å². The smallest absolute Gasteiger partial charge is 0.309 e. The highest BCUT2D eigenvalue weighted by atomic mass is 16.5. The van der Waals surface area contributed by atoms with E-state index in [2.05, 4.69) is 5.32 Å². The van der Waals surface area contributed by atoms with Crippen LogP contribution in [0.1, 0.15) is 38.5 Å². The lowest BCUT2D eigenvalue weighted by Crippen LogP contribution is -2.38. The Hall–Kier alpha value is -1.06. The lowest BCUT2D eigenvalue weighted by molar-refractivity contribution is -0.148. The van der Waals surface area contributed by atoms with E-state index in [1.165, 1.54) is 7.11 Å². The third-order valence-corrected chi connectivity index (χ3v) is 3.90. The van der Waals surface area contributed by atoms with Gasteiger partial charge < -0.3 is 10.1 Å². The van der Waals surface area contributed by atoms with E-state index < -0.39 is 0 Å². The molecule has 0 spiro atoms. The van der Waals surface area contributed by atoms with Crippen molar-refractivity contribution in [2.24, 2.45) is 17.8 Å². The number of hydrogen-bond acceptors (Lipinski definition) is 3. The summed E-state index contributed by atoms with van der Waals surface area (Å²) < 4.78 is 4.83. The van der Waals surface area contributed by atoms with Crippen molar-refractivity contribution >= 4 is 11.9 Å². The molecule has 2 saturated carbocycles. The molecule has 2 aliphatic carbocycles. The maximum atomic E-state index is 11.6. The maximum Gasteiger partial charge on any atom is 0.309 e. The fraction of sp³-hybridized carbons (Fsp3) is 0.846. The molecule has 0 bridgehead atoms. The van der Waals surface area contributed by atoms with E-state index in [4.69, 9.17) is 4.74 Å². The lowest BCUT2D eigenvalue weighted by Gasteiger charge is -2.29. The zero-order valence-corrected chi connectivity index (χ0v) is 10.4. The molecule has 0 aromatic carbocycles. The SMILES string of the molecule is COC(=O)C1CCCCC1CNC(=O)C1CC1. The monoisotopic (exact) mass is 239 g/mol. The van der Waals surface area contributed by atoms with Crippen molar-refractivity contribution < 1.29 is 14.3 Å². The van der Waals surface area contributed by atoms with Crippen LogP contribution in [0.4, 0.5) is 0 Å². The Bertz CT molecular complexity index is 299. The van der Waals surface area contributed by atoms with Crippen molar-refractivity contribution in [2.75, 3.05) is 13.7 Å². The number of esters is 1. The van der Waals surface area contributed by atoms with Gasteiger partial charge >= 0.3 is 5.97 Å². The number of ether oxygens (including phenoxy) is 1. The van der Waals surface area contributed by atoms with Crippen molar-refractivity contribution in [1.29, 1.82) is 0 Å². The summed E-state index contributed by atoms with van der Waals surface area (Å²) in [6.07, 6.45) is 6.21. The molecule has 2 atom stereocenters. The molecular weight excluding hydrogens is 218 g/mol. The number of rotatable bonds is 4. The summed E-state index contributed by atoms with van der Waals surface area (Å²) in [6.45, 7) is 0.634. The molecule has 0 aliphatic heterocycles. The molecular formula is C13H21NO3. The van der Waals surface area contributed by atoms with E-state index in [0.717, 1.165) is 38.5 Å². The van der Waals surface area contributed by atoms with Gasteiger partial charge in [-0.3, -0.25) is 9.59 Å². The zero-order valence-electron chi connectivity index (χ0n) is 10.4. The van der Waals surface area contributed by atoms with E-state index in [1.54, 1.807) is 0 Å². The fourth-order valence-corrected chi connectivity index (χ4v) is 2.64. The molecule has 2 aliphatic rings. The zero-order chi connectivity index (χ0) is 12.3. The molecule has 0 radical (unpaired) electrons. The summed E-state index contributed by atoms with van der Waals surface area (Å²) in [5, 5.41) is 2.98. The molecule has 17 heavy (non-hydrogen) atoms. The predicted octanol–water partition coefficient (Wildman–Crippen LogP) is 1.49. The molecule has 4 nitrogen and oxygen atoms in total. The van der Waals surface area contributed by atoms with Crippen molar-refractivity contribution in [3.05, 3.63) is 0 Å². The first-order chi connectivity index (χ1) is 8.22. The van der Waals surface area contributed by atoms with E-state index in [-0.39, 0.29) is 29.6 Å². The first-order valence-electron chi connectivity index (χ1n) is 6.58. The maximum absolute atomic E-state index is 11.6. The van der Waals surface area contributed by atoms with E-state index >= 15 is 0 Å². The van der Waals surface area contributed by atoms with E-state index in [9.17, 15) is 9.59 Å². The third-order valence-electron chi connectivity index (χ3n) is 3.90. The first kappa shape index (κ1) is 12.4. The highest BCUT2D eigenvalue weighted by molar-refractivity contribution is 5.81. The van der Waals surface area contributed by atoms with Gasteiger partial charge in [0.05, 0.1) is 13.0 Å². The van der Waals surface area contributed by atoms with Gasteiger partial charge in [0.15, 0.2) is 0 Å². The van der Waals surface area contributed by atoms with Crippen molar-refractivity contribution in [3.63, 3.8) is 0 Å². The Labute approximate surface area is 102 Å². The van der Waals surface area contributed by atoms with Gasteiger partial charge in [-0.25, -0.2) is 0 Å². The van der Waals surface area contributed by atoms with Crippen LogP contribution in [0.3, 0.4) is 0 Å². The molecule has 96 valence electrons. The Kier molecular flexibility index (Phi) is 4.02. The minimum Gasteiger partial charge on any atom is -0.469 e. The number of methoxy groups -OCH3 is 1. The van der Waals surface area contributed by atoms with Crippen molar-refractivity contribution in [1.82, 2.24) is 5.32 Å². The van der Waals surface area contributed by atoms with Crippen LogP contribution in [0, 0.1) is 17.8 Å². The minimum atomic E-state index is -0.115. The molecule has 1 N–H and O–H groups in total. The minimum absolute atomic E-state index is 0.0201. The molecule has 2 fully saturated rings. The molecule has 0 heterocycles. The lowest BCUT2D eigenvalue weighted by atomic mass is 9.79. The van der Waals surface area contributed by atoms with Crippen LogP contribution in [0.5, 0.6) is 0 Å². The summed E-state index contributed by atoms with van der Waals surface area (Å²) in [6, 6.07) is 0. The van der Waals surface area contributed by atoms with Crippen LogP contribution in [-0.4, -0.2) is 25.5 Å². The molecule has 0 aromatic heterocycles. The third kappa shape index (κ3) is 3.20. The Morgan fingerprint density at radius 1 is 1.18 bits per heavy atom. The topological polar surface area (TPSA) is 55.4 Å². The number of carbonyl (C=O) groups is 2. The number of nitrogens with one attached hydrogen (secondary N) is 1. The van der Waals surface area contributed by atoms with Gasteiger partial charge in [0.2, 0.25) is 5.91 Å². The summed E-state index contributed by atoms with van der Waals surface area (Å²) >= 11 is 0. The Morgan fingerprint density at radius 2 is 1.88 bits per heavy atom. The average Bonchev–Trinajstić information content (AvgIpc) is 3.19. The highest BCUT2D eigenvalue weighted by Gasteiger charge is 2.34. The van der Waals surface area contributed by atoms with Crippen LogP contribution in [-0.2, 0) is 14.3 Å². The van der Waals surface area contributed by atoms with Crippen LogP contribution in [0.15, 0.2) is 0 Å². The molecule has 0 saturated heterocycles. The largest absolute Gasteiger partial charge is 0.469 e. The molecule has 0 aromatic rings. The van der Waals surface area contributed by atoms with Crippen LogP contribution >= 0.6 is 0 Å². The highest BCUT2D eigenvalue weighted by Crippen LogP contribution is 2.32. The molecule has 2 unspecified atom stereocenters. The summed E-state index contributed by atoms with van der Waals surface area (Å²) in [5.41, 5.74) is 0. The predicted molar refractivity (Wildman–Crippen MR) is 63.2 cm³/mol. The Morgan fingerprint density at radius 3 is 2.53 bits per heavy atom. The standard InChI is InChI=1S/C13H21NO3/c1-17-13(16)11-5-3-2-4-10(11)8-14-12(15)9-6-7-9/h9-11H,2-8H2,1H3,(H,14,15). The molecule has 1 amide bonds. The fourth-order valence-electron chi connectivity index (χ4n) is 2.64. The summed E-state index contributed by atoms with van der Waals surface area (Å²) in [7, 11) is 1.44. The second-order valence-electron chi connectivity index (χ2n) is 5.19. The molecule has 4 heteroatoms. The van der Waals surface area contributed by atoms with Crippen molar-refractivity contribution in [3.8, 4) is 0 Å². The van der Waals surface area contributed by atoms with Gasteiger partial charge in [0, 0.05) is 12.5 Å². The van der Waals surface area contributed by atoms with Gasteiger partial charge in [-0.15, -0.1) is 0 Å². The summed E-state index contributed by atoms with van der Waals surface area (Å²) in [4.78, 5) is 23.2. The van der Waals surface area contributed by atoms with Crippen molar-refractivity contribution in [2.45, 2.75) is 38.5 Å². The van der Waals surface area contributed by atoms with Crippen LogP contribution in [0.25, 0.3) is 0 Å². The number of carbonyl (C=O) groups excluding carboxylic acids is 2. The van der Waals surface area contributed by atoms with Gasteiger partial charge in [-0.05, 0) is 31.6 Å². The first-order valence-corrected chi connectivity index (χ1v) is 6.58. The van der Waals surface area contributed by atoms with Crippen LogP contribution < -0.4 is 5.32 Å². The normalized spacial score (nSPS) is 28.5. The second-order valence-corrected chi connectivity index (χ2v) is 5.19.